The minimum absolute atomic E-state index is 0.0132. The number of carboxylic acids is 1. The van der Waals surface area contributed by atoms with Crippen molar-refractivity contribution >= 4 is 35.2 Å². The van der Waals surface area contributed by atoms with Gasteiger partial charge in [-0.3, -0.25) is 14.6 Å². The number of pyridine rings is 1. The molecule has 1 aliphatic carbocycles. The van der Waals surface area contributed by atoms with Gasteiger partial charge in [0.25, 0.3) is 5.91 Å². The largest absolute Gasteiger partial charge is 0.573 e. The minimum atomic E-state index is -5.08. The van der Waals surface area contributed by atoms with Crippen molar-refractivity contribution in [1.82, 2.24) is 15.2 Å². The number of halogens is 6. The number of carbonyl (C=O) groups excluding carboxylic acids is 3. The monoisotopic (exact) mass is 647 g/mol. The summed E-state index contributed by atoms with van der Waals surface area (Å²) >= 11 is 0. The average Bonchev–Trinajstić information content (AvgIpc) is 3.51. The molecule has 0 bridgehead atoms. The number of hydrogen-bond donors (Lipinski definition) is 3. The van der Waals surface area contributed by atoms with Gasteiger partial charge in [-0.15, -0.1) is 13.2 Å². The lowest BCUT2D eigenvalue weighted by atomic mass is 10.0. The highest BCUT2D eigenvalue weighted by atomic mass is 19.4. The number of anilines is 2. The molecule has 0 unspecified atom stereocenters. The van der Waals surface area contributed by atoms with Crippen LogP contribution in [0.2, 0.25) is 0 Å². The third-order valence-electron chi connectivity index (χ3n) is 7.02. The Balaban J connectivity index is 0.000000707. The summed E-state index contributed by atoms with van der Waals surface area (Å²) in [5, 5.41) is 12.8. The lowest BCUT2D eigenvalue weighted by Gasteiger charge is -2.27. The zero-order valence-corrected chi connectivity index (χ0v) is 24.2. The molecule has 1 aromatic heterocycles. The summed E-state index contributed by atoms with van der Waals surface area (Å²) < 4.78 is 75.0. The number of aromatic nitrogens is 1. The number of nitrogens with one attached hydrogen (secondary N) is 2. The molecule has 2 aromatic rings. The number of benzene rings is 1. The van der Waals surface area contributed by atoms with Crippen molar-refractivity contribution in [3.8, 4) is 5.75 Å². The van der Waals surface area contributed by atoms with Crippen molar-refractivity contribution in [3.05, 3.63) is 48.3 Å². The van der Waals surface area contributed by atoms with Crippen LogP contribution in [0.1, 0.15) is 51.5 Å². The molecule has 2 aliphatic rings. The molecular formula is C28H31F6N5O6. The van der Waals surface area contributed by atoms with Gasteiger partial charge in [0, 0.05) is 37.9 Å². The maximum atomic E-state index is 13.4. The first-order valence-corrected chi connectivity index (χ1v) is 13.7. The Labute approximate surface area is 253 Å². The summed E-state index contributed by atoms with van der Waals surface area (Å²) in [6.07, 6.45) is -2.62. The van der Waals surface area contributed by atoms with E-state index in [1.807, 2.05) is 0 Å². The molecule has 1 saturated carbocycles. The summed E-state index contributed by atoms with van der Waals surface area (Å²) in [5.74, 6) is -4.49. The number of ether oxygens (including phenoxy) is 1. The second kappa shape index (κ2) is 14.1. The van der Waals surface area contributed by atoms with Crippen LogP contribution in [0, 0.1) is 0 Å². The summed E-state index contributed by atoms with van der Waals surface area (Å²) in [6.45, 7) is 3.68. The number of carboxylic acid groups (broad SMARTS) is 1. The number of alkyl halides is 6. The predicted octanol–water partition coefficient (Wildman–Crippen LogP) is 5.22. The molecule has 246 valence electrons. The van der Waals surface area contributed by atoms with Crippen LogP contribution in [-0.2, 0) is 20.9 Å². The fourth-order valence-corrected chi connectivity index (χ4v) is 4.70. The number of aliphatic carboxylic acids is 1. The summed E-state index contributed by atoms with van der Waals surface area (Å²) in [6, 6.07) is 6.43. The van der Waals surface area contributed by atoms with Crippen molar-refractivity contribution in [2.45, 2.75) is 76.6 Å². The first-order chi connectivity index (χ1) is 20.9. The van der Waals surface area contributed by atoms with E-state index in [2.05, 4.69) is 20.4 Å². The Morgan fingerprint density at radius 3 is 2.20 bits per heavy atom. The van der Waals surface area contributed by atoms with Crippen LogP contribution in [0.3, 0.4) is 0 Å². The third-order valence-corrected chi connectivity index (χ3v) is 7.02. The number of carbonyl (C=O) groups is 4. The van der Waals surface area contributed by atoms with Gasteiger partial charge >= 0.3 is 24.5 Å². The number of nitrogens with zero attached hydrogens (tertiary/aromatic N) is 3. The highest BCUT2D eigenvalue weighted by Gasteiger charge is 2.52. The Hall–Kier alpha value is -4.41. The van der Waals surface area contributed by atoms with Crippen molar-refractivity contribution in [2.75, 3.05) is 16.8 Å². The molecule has 3 N–H and O–H groups in total. The van der Waals surface area contributed by atoms with E-state index >= 15 is 0 Å². The van der Waals surface area contributed by atoms with E-state index in [-0.39, 0.29) is 24.3 Å². The van der Waals surface area contributed by atoms with Gasteiger partial charge in [-0.05, 0) is 62.6 Å². The number of rotatable bonds is 9. The number of hydrogen-bond acceptors (Lipinski definition) is 7. The van der Waals surface area contributed by atoms with E-state index in [1.54, 1.807) is 38.4 Å². The van der Waals surface area contributed by atoms with E-state index < -0.39 is 47.6 Å². The average molecular weight is 648 g/mol. The summed E-state index contributed by atoms with van der Waals surface area (Å²) in [4.78, 5) is 54.3. The maximum absolute atomic E-state index is 13.4. The lowest BCUT2D eigenvalue weighted by molar-refractivity contribution is -0.274. The molecule has 4 amide bonds. The summed E-state index contributed by atoms with van der Waals surface area (Å²) in [7, 11) is 0. The molecule has 1 saturated heterocycles. The van der Waals surface area contributed by atoms with Gasteiger partial charge < -0.3 is 25.4 Å². The Bertz CT molecular complexity index is 1380. The zero-order valence-electron chi connectivity index (χ0n) is 24.2. The Morgan fingerprint density at radius 2 is 1.64 bits per heavy atom. The molecule has 4 rings (SSSR count). The molecule has 2 heterocycles. The maximum Gasteiger partial charge on any atom is 0.573 e. The zero-order chi connectivity index (χ0) is 33.6. The van der Waals surface area contributed by atoms with Crippen LogP contribution < -0.4 is 20.3 Å². The quantitative estimate of drug-likeness (QED) is 0.249. The molecule has 2 fully saturated rings. The van der Waals surface area contributed by atoms with Crippen molar-refractivity contribution in [1.29, 1.82) is 0 Å². The lowest BCUT2D eigenvalue weighted by Crippen LogP contribution is -2.43. The molecule has 45 heavy (non-hydrogen) atoms. The Kier molecular flexibility index (Phi) is 11.0. The molecule has 0 atom stereocenters. The number of amides is 4. The summed E-state index contributed by atoms with van der Waals surface area (Å²) in [5.41, 5.74) is -0.753. The van der Waals surface area contributed by atoms with Crippen LogP contribution in [0.25, 0.3) is 0 Å². The van der Waals surface area contributed by atoms with E-state index in [1.165, 1.54) is 11.0 Å². The minimum Gasteiger partial charge on any atom is -0.475 e. The number of urea groups is 1. The van der Waals surface area contributed by atoms with Crippen molar-refractivity contribution in [2.24, 2.45) is 0 Å². The van der Waals surface area contributed by atoms with E-state index in [9.17, 15) is 40.7 Å². The molecule has 0 radical (unpaired) electrons. The second-order valence-corrected chi connectivity index (χ2v) is 10.7. The van der Waals surface area contributed by atoms with Gasteiger partial charge in [0.2, 0.25) is 5.91 Å². The molecule has 0 spiro atoms. The van der Waals surface area contributed by atoms with Gasteiger partial charge in [-0.25, -0.2) is 14.5 Å². The van der Waals surface area contributed by atoms with E-state index in [4.69, 9.17) is 9.90 Å². The standard InChI is InChI=1S/C26H30F3N5O4.C2HF3O2/c1-25(2)23(36)34(24(37)33(25)16-17-9-12-30-13-10-17)19-7-8-21(38-26(27,28)29)20(15-19)32-22(35)11-14-31-18-5-3-4-6-18;3-2(4,5)1(6)7/h7-10,12-13,15,18,31H,3-6,11,14,16H2,1-2H3,(H,32,35);(H,6,7). The van der Waals surface area contributed by atoms with Crippen molar-refractivity contribution in [3.63, 3.8) is 0 Å². The predicted molar refractivity (Wildman–Crippen MR) is 147 cm³/mol. The first-order valence-electron chi connectivity index (χ1n) is 13.7. The van der Waals surface area contributed by atoms with Crippen LogP contribution in [-0.4, -0.2) is 69.5 Å². The van der Waals surface area contributed by atoms with Crippen LogP contribution in [0.15, 0.2) is 42.7 Å². The van der Waals surface area contributed by atoms with Gasteiger partial charge in [0.1, 0.15) is 5.54 Å². The van der Waals surface area contributed by atoms with Crippen LogP contribution in [0.5, 0.6) is 5.75 Å². The molecule has 11 nitrogen and oxygen atoms in total. The van der Waals surface area contributed by atoms with E-state index in [0.717, 1.165) is 48.3 Å². The SMILES string of the molecule is CC1(C)C(=O)N(c2ccc(OC(F)(F)F)c(NC(=O)CCNC3CCCC3)c2)C(=O)N1Cc1ccncc1.O=C(O)C(F)(F)F. The highest BCUT2D eigenvalue weighted by Crippen LogP contribution is 2.38. The molecule has 17 heteroatoms. The highest BCUT2D eigenvalue weighted by molar-refractivity contribution is 6.23. The van der Waals surface area contributed by atoms with Gasteiger partial charge in [0.05, 0.1) is 11.4 Å². The second-order valence-electron chi connectivity index (χ2n) is 10.7. The number of imide groups is 1. The first kappa shape index (κ1) is 35.1. The van der Waals surface area contributed by atoms with Crippen LogP contribution >= 0.6 is 0 Å². The molecular weight excluding hydrogens is 616 g/mol. The molecule has 1 aromatic carbocycles. The fourth-order valence-electron chi connectivity index (χ4n) is 4.70. The fraction of sp³-hybridized carbons (Fsp3) is 0.464. The third kappa shape index (κ3) is 9.54. The van der Waals surface area contributed by atoms with Gasteiger partial charge in [-0.2, -0.15) is 13.2 Å². The normalized spacial score (nSPS) is 16.8. The van der Waals surface area contributed by atoms with Crippen LogP contribution in [0.4, 0.5) is 42.5 Å². The Morgan fingerprint density at radius 1 is 1.04 bits per heavy atom. The molecule has 1 aliphatic heterocycles. The van der Waals surface area contributed by atoms with Crippen molar-refractivity contribution < 1.29 is 55.4 Å². The topological polar surface area (TPSA) is 141 Å². The van der Waals surface area contributed by atoms with E-state index in [0.29, 0.717) is 12.6 Å². The van der Waals surface area contributed by atoms with Gasteiger partial charge in [0.15, 0.2) is 5.75 Å². The smallest absolute Gasteiger partial charge is 0.475 e. The van der Waals surface area contributed by atoms with Gasteiger partial charge in [-0.1, -0.05) is 12.8 Å².